The van der Waals surface area contributed by atoms with Gasteiger partial charge in [-0.3, -0.25) is 67.1 Å². The van der Waals surface area contributed by atoms with E-state index in [4.69, 9.17) is 104 Å². The molecule has 1 aromatic rings. The number of esters is 14. The van der Waals surface area contributed by atoms with Gasteiger partial charge in [-0.15, -0.1) is 0 Å². The maximum absolute atomic E-state index is 12.9. The molecule has 20 atom stereocenters. The standard InChI is InChI=1S/C64H78O36/c1-29(65)81-25-45-49(85-33(5)69)53(87-35(7)71)59(93-41(13)77)63(97-45)99-51-47(27-83-31(3)67)95-61(57(91-39(11)75)55(51)89-37(9)73)79-23-15-17-43-19-21-44(22-20-43)18-16-24-80-62-58(92-40(12)76)56(90-38(10)74)52(48(96-62)28-84-32(4)68)100-64-60(94-42(14)78)54(88-36(8)72)50(86-34(6)70)46(98-64)26-82-30(2)66/h19-22,45-64H,23-28H2,1-14H3/t45-,46-,47-,48-,49+,50+,51-,52-,53+,54+,55+,56+,57-,58-,59-,60-,61-,62-,63+,64+/m1/s1. The lowest BCUT2D eigenvalue weighted by Gasteiger charge is -2.48. The van der Waals surface area contributed by atoms with E-state index < -0.39 is 246 Å². The Morgan fingerprint density at radius 1 is 0.270 bits per heavy atom. The Morgan fingerprint density at radius 3 is 0.710 bits per heavy atom. The zero-order valence-corrected chi connectivity index (χ0v) is 56.8. The number of carbonyl (C=O) groups is 14. The van der Waals surface area contributed by atoms with Gasteiger partial charge in [0.2, 0.25) is 0 Å². The third-order valence-electron chi connectivity index (χ3n) is 13.8. The first-order valence-corrected chi connectivity index (χ1v) is 30.6. The van der Waals surface area contributed by atoms with E-state index in [1.807, 2.05) is 0 Å². The minimum absolute atomic E-state index is 0.395. The van der Waals surface area contributed by atoms with Crippen molar-refractivity contribution in [1.29, 1.82) is 0 Å². The number of ether oxygens (including phenoxy) is 22. The summed E-state index contributed by atoms with van der Waals surface area (Å²) in [7, 11) is 0. The summed E-state index contributed by atoms with van der Waals surface area (Å²) < 4.78 is 126. The van der Waals surface area contributed by atoms with E-state index in [9.17, 15) is 67.1 Å². The molecule has 100 heavy (non-hydrogen) atoms. The molecule has 0 saturated carbocycles. The van der Waals surface area contributed by atoms with Crippen LogP contribution in [0.5, 0.6) is 0 Å². The molecular weight excluding hydrogens is 1340 g/mol. The second-order valence-electron chi connectivity index (χ2n) is 22.1. The summed E-state index contributed by atoms with van der Waals surface area (Å²) >= 11 is 0. The number of benzene rings is 1. The largest absolute Gasteiger partial charge is 0.463 e. The molecule has 0 unspecified atom stereocenters. The van der Waals surface area contributed by atoms with Crippen molar-refractivity contribution < 1.29 is 171 Å². The second-order valence-corrected chi connectivity index (χ2v) is 22.1. The third-order valence-corrected chi connectivity index (χ3v) is 13.8. The summed E-state index contributed by atoms with van der Waals surface area (Å²) in [6, 6.07) is 6.25. The van der Waals surface area contributed by atoms with Gasteiger partial charge in [-0.1, -0.05) is 23.7 Å². The number of hydrogen-bond donors (Lipinski definition) is 0. The van der Waals surface area contributed by atoms with Crippen molar-refractivity contribution in [2.75, 3.05) is 39.6 Å². The average molecular weight is 1420 g/mol. The summed E-state index contributed by atoms with van der Waals surface area (Å²) in [5, 5.41) is 0. The monoisotopic (exact) mass is 1420 g/mol. The van der Waals surface area contributed by atoms with Crippen LogP contribution in [-0.4, -0.2) is 246 Å². The van der Waals surface area contributed by atoms with Gasteiger partial charge in [-0.25, -0.2) is 0 Å². The van der Waals surface area contributed by atoms with Gasteiger partial charge in [0.25, 0.3) is 0 Å². The number of rotatable bonds is 26. The lowest BCUT2D eigenvalue weighted by atomic mass is 9.96. The topological polar surface area (TPSA) is 442 Å². The Balaban J connectivity index is 1.40. The molecule has 4 aliphatic rings. The average Bonchev–Trinajstić information content (AvgIpc) is 0.773. The van der Waals surface area contributed by atoms with E-state index in [1.165, 1.54) is 0 Å². The van der Waals surface area contributed by atoms with E-state index in [0.29, 0.717) is 11.1 Å². The number of carbonyl (C=O) groups excluding carboxylic acids is 14. The third kappa shape index (κ3) is 25.7. The van der Waals surface area contributed by atoms with Crippen molar-refractivity contribution in [3.05, 3.63) is 35.4 Å². The SMILES string of the molecule is CC(=O)OC[C@H]1O[C@@H](O[C@H]2[C@H](OC(C)=O)[C@@H](OC(C)=O)[C@H](OCC#Cc3ccc(C#CCO[C@@H]4O[C@H](COC(C)=O)[C@@H](O[C@@H]5O[C@H](COC(C)=O)[C@H](OC(C)=O)[C@H](OC(C)=O)[C@H]5OC(C)=O)[C@H](OC(C)=O)[C@H]4OC(C)=O)cc3)O[C@@H]2COC(C)=O)[C@H](OC(C)=O)[C@@H](OC(C)=O)[C@H]1OC(C)=O. The smallest absolute Gasteiger partial charge is 0.303 e. The van der Waals surface area contributed by atoms with E-state index >= 15 is 0 Å². The zero-order chi connectivity index (χ0) is 74.2. The van der Waals surface area contributed by atoms with Crippen LogP contribution in [0.3, 0.4) is 0 Å². The Morgan fingerprint density at radius 2 is 0.470 bits per heavy atom. The summed E-state index contributed by atoms with van der Waals surface area (Å²) in [6.45, 7) is 10.6. The van der Waals surface area contributed by atoms with Gasteiger partial charge in [-0.05, 0) is 24.3 Å². The van der Waals surface area contributed by atoms with Crippen molar-refractivity contribution in [1.82, 2.24) is 0 Å². The number of hydrogen-bond acceptors (Lipinski definition) is 36. The van der Waals surface area contributed by atoms with Gasteiger partial charge >= 0.3 is 83.6 Å². The Kier molecular flexibility index (Phi) is 31.6. The molecule has 0 N–H and O–H groups in total. The van der Waals surface area contributed by atoms with Crippen LogP contribution in [0.1, 0.15) is 108 Å². The summed E-state index contributed by atoms with van der Waals surface area (Å²) in [5.74, 6) is -1.59. The first-order valence-electron chi connectivity index (χ1n) is 30.6. The fraction of sp³-hybridized carbons (Fsp3) is 0.625. The highest BCUT2D eigenvalue weighted by atomic mass is 16.8. The molecule has 4 aliphatic heterocycles. The maximum Gasteiger partial charge on any atom is 0.303 e. The van der Waals surface area contributed by atoms with Gasteiger partial charge in [0, 0.05) is 108 Å². The first-order chi connectivity index (χ1) is 47.1. The molecule has 1 aromatic carbocycles. The van der Waals surface area contributed by atoms with E-state index in [2.05, 4.69) is 23.7 Å². The van der Waals surface area contributed by atoms with Crippen molar-refractivity contribution >= 4 is 83.6 Å². The highest BCUT2D eigenvalue weighted by Crippen LogP contribution is 2.38. The molecule has 0 spiro atoms. The van der Waals surface area contributed by atoms with Gasteiger partial charge in [0.15, 0.2) is 86.2 Å². The predicted octanol–water partition coefficient (Wildman–Crippen LogP) is -0.338. The lowest BCUT2D eigenvalue weighted by Crippen LogP contribution is -2.67. The van der Waals surface area contributed by atoms with Crippen LogP contribution in [0, 0.1) is 23.7 Å². The van der Waals surface area contributed by atoms with E-state index in [-0.39, 0.29) is 0 Å². The minimum Gasteiger partial charge on any atom is -0.463 e. The van der Waals surface area contributed by atoms with Crippen molar-refractivity contribution in [2.24, 2.45) is 0 Å². The van der Waals surface area contributed by atoms with Crippen LogP contribution in [-0.2, 0) is 171 Å². The van der Waals surface area contributed by atoms with Crippen LogP contribution < -0.4 is 0 Å². The van der Waals surface area contributed by atoms with Crippen molar-refractivity contribution in [2.45, 2.75) is 220 Å². The molecular formula is C64H78O36. The Hall–Kier alpha value is -9.40. The lowest BCUT2D eigenvalue weighted by molar-refractivity contribution is -0.360. The van der Waals surface area contributed by atoms with Crippen LogP contribution >= 0.6 is 0 Å². The van der Waals surface area contributed by atoms with Gasteiger partial charge < -0.3 is 104 Å². The maximum atomic E-state index is 12.9. The molecule has 36 nitrogen and oxygen atoms in total. The molecule has 4 fully saturated rings. The van der Waals surface area contributed by atoms with Crippen molar-refractivity contribution in [3.63, 3.8) is 0 Å². The Labute approximate surface area is 571 Å². The van der Waals surface area contributed by atoms with E-state index in [1.54, 1.807) is 24.3 Å². The quantitative estimate of drug-likeness (QED) is 0.0650. The first kappa shape index (κ1) is 81.3. The molecule has 4 heterocycles. The fourth-order valence-electron chi connectivity index (χ4n) is 10.4. The van der Waals surface area contributed by atoms with Gasteiger partial charge in [0.05, 0.1) is 0 Å². The van der Waals surface area contributed by atoms with E-state index in [0.717, 1.165) is 96.9 Å². The van der Waals surface area contributed by atoms with Crippen LogP contribution in [0.4, 0.5) is 0 Å². The predicted molar refractivity (Wildman–Crippen MR) is 319 cm³/mol. The normalized spacial score (nSPS) is 28.9. The highest BCUT2D eigenvalue weighted by molar-refractivity contribution is 5.72. The van der Waals surface area contributed by atoms with Crippen LogP contribution in [0.15, 0.2) is 24.3 Å². The second kappa shape index (κ2) is 38.8. The minimum atomic E-state index is -1.92. The summed E-state index contributed by atoms with van der Waals surface area (Å²) in [5.41, 5.74) is 0.789. The molecule has 0 bridgehead atoms. The molecule has 36 heteroatoms. The zero-order valence-electron chi connectivity index (χ0n) is 56.8. The van der Waals surface area contributed by atoms with Gasteiger partial charge in [-0.2, -0.15) is 0 Å². The molecule has 5 rings (SSSR count). The van der Waals surface area contributed by atoms with Crippen molar-refractivity contribution in [3.8, 4) is 23.7 Å². The molecule has 0 aliphatic carbocycles. The van der Waals surface area contributed by atoms with Crippen LogP contribution in [0.25, 0.3) is 0 Å². The molecule has 0 radical (unpaired) electrons. The summed E-state index contributed by atoms with van der Waals surface area (Å²) in [6.07, 6.45) is -33.9. The molecule has 0 amide bonds. The Bertz CT molecular complexity index is 3040. The molecule has 0 aromatic heterocycles. The highest BCUT2D eigenvalue weighted by Gasteiger charge is 2.60. The molecule has 550 valence electrons. The van der Waals surface area contributed by atoms with Gasteiger partial charge in [0.1, 0.15) is 76.3 Å². The summed E-state index contributed by atoms with van der Waals surface area (Å²) in [4.78, 5) is 175. The fourth-order valence-corrected chi connectivity index (χ4v) is 10.4. The van der Waals surface area contributed by atoms with Crippen LogP contribution in [0.2, 0.25) is 0 Å². The molecule has 4 saturated heterocycles.